The first-order valence-electron chi connectivity index (χ1n) is 27.3. The Balaban J connectivity index is 4.18. The summed E-state index contributed by atoms with van der Waals surface area (Å²) in [7, 11) is 5.54. The molecule has 2 unspecified atom stereocenters. The lowest BCUT2D eigenvalue weighted by Crippen LogP contribution is -2.50. The molecule has 0 heterocycles. The Labute approximate surface area is 407 Å². The van der Waals surface area contributed by atoms with Gasteiger partial charge in [-0.25, -0.2) is 4.79 Å². The largest absolute Gasteiger partial charge is 0.477 e. The quantitative estimate of drug-likeness (QED) is 0.0281. The highest BCUT2D eigenvalue weighted by Crippen LogP contribution is 2.16. The Morgan fingerprint density at radius 3 is 1.18 bits per heavy atom. The molecule has 0 aromatic carbocycles. The standard InChI is InChI=1S/C58H103NO7/c1-6-8-10-12-14-16-18-20-22-24-26-28-30-32-34-36-38-40-42-44-46-48-56(60)65-53-54(52-64-51-50-55(58(62)63)59(3,4)5)66-57(61)49-47-45-43-41-39-37-35-33-31-29-27-25-23-21-19-17-15-13-11-9-7-2/h8-11,14-17,20,22,54-55H,6-7,12-13,18-19,21,23-53H2,1-5H3/p+1/b10-8+,11-9+,16-14+,17-15+,22-20+. The van der Waals surface area contributed by atoms with Crippen molar-refractivity contribution in [1.29, 1.82) is 0 Å². The lowest BCUT2D eigenvalue weighted by Gasteiger charge is -2.31. The molecule has 0 aliphatic rings. The molecule has 0 bridgehead atoms. The second kappa shape index (κ2) is 48.5. The van der Waals surface area contributed by atoms with Gasteiger partial charge in [0, 0.05) is 19.3 Å². The average Bonchev–Trinajstić information content (AvgIpc) is 3.28. The molecule has 2 atom stereocenters. The normalized spacial score (nSPS) is 13.3. The van der Waals surface area contributed by atoms with Crippen molar-refractivity contribution in [2.45, 2.75) is 251 Å². The summed E-state index contributed by atoms with van der Waals surface area (Å²) >= 11 is 0. The first-order valence-corrected chi connectivity index (χ1v) is 27.3. The highest BCUT2D eigenvalue weighted by Gasteiger charge is 2.31. The second-order valence-electron chi connectivity index (χ2n) is 19.4. The van der Waals surface area contributed by atoms with Crippen LogP contribution in [0.2, 0.25) is 0 Å². The van der Waals surface area contributed by atoms with E-state index in [0.717, 1.165) is 70.6 Å². The molecular formula is C58H104NO7+. The fourth-order valence-corrected chi connectivity index (χ4v) is 8.03. The number of carbonyl (C=O) groups is 3. The van der Waals surface area contributed by atoms with Gasteiger partial charge in [0.15, 0.2) is 12.1 Å². The fourth-order valence-electron chi connectivity index (χ4n) is 8.03. The van der Waals surface area contributed by atoms with Gasteiger partial charge in [0.05, 0.1) is 34.4 Å². The summed E-state index contributed by atoms with van der Waals surface area (Å²) in [5.41, 5.74) is 0. The molecule has 0 aliphatic carbocycles. The number of likely N-dealkylation sites (N-methyl/N-ethyl adjacent to an activating group) is 1. The molecule has 1 N–H and O–H groups in total. The van der Waals surface area contributed by atoms with E-state index in [1.165, 1.54) is 135 Å². The number of hydrogen-bond donors (Lipinski definition) is 1. The van der Waals surface area contributed by atoms with Crippen LogP contribution in [-0.4, -0.2) is 80.6 Å². The molecular weight excluding hydrogens is 823 g/mol. The van der Waals surface area contributed by atoms with Crippen LogP contribution >= 0.6 is 0 Å². The van der Waals surface area contributed by atoms with Crippen molar-refractivity contribution in [3.8, 4) is 0 Å². The van der Waals surface area contributed by atoms with Gasteiger partial charge in [-0.3, -0.25) is 9.59 Å². The Bertz CT molecular complexity index is 1260. The number of allylic oxidation sites excluding steroid dienone is 10. The molecule has 0 spiro atoms. The minimum atomic E-state index is -0.874. The maximum absolute atomic E-state index is 12.8. The SMILES string of the molecule is CC/C=C/C/C=C/C/C=C/CCCCCCCCCCCCCC(=O)OCC(COCCC(C(=O)O)[N+](C)(C)C)OC(=O)CCCCCCCCCCCCCCCC/C=C/C/C=C/CC. The van der Waals surface area contributed by atoms with Gasteiger partial charge >= 0.3 is 17.9 Å². The van der Waals surface area contributed by atoms with Gasteiger partial charge in [-0.15, -0.1) is 0 Å². The minimum Gasteiger partial charge on any atom is -0.477 e. The monoisotopic (exact) mass is 927 g/mol. The number of unbranched alkanes of at least 4 members (excludes halogenated alkanes) is 25. The summed E-state index contributed by atoms with van der Waals surface area (Å²) in [6, 6.07) is -0.617. The van der Waals surface area contributed by atoms with E-state index in [0.29, 0.717) is 19.3 Å². The van der Waals surface area contributed by atoms with E-state index in [1.807, 2.05) is 21.1 Å². The van der Waals surface area contributed by atoms with Gasteiger partial charge in [0.2, 0.25) is 0 Å². The number of carboxylic acid groups (broad SMARTS) is 1. The number of aliphatic carboxylic acids is 1. The van der Waals surface area contributed by atoms with Crippen molar-refractivity contribution < 1.29 is 38.2 Å². The van der Waals surface area contributed by atoms with Crippen LogP contribution in [0.1, 0.15) is 239 Å². The van der Waals surface area contributed by atoms with Gasteiger partial charge in [-0.1, -0.05) is 209 Å². The van der Waals surface area contributed by atoms with Gasteiger partial charge < -0.3 is 23.8 Å². The lowest BCUT2D eigenvalue weighted by molar-refractivity contribution is -0.887. The second-order valence-corrected chi connectivity index (χ2v) is 19.4. The minimum absolute atomic E-state index is 0.0521. The van der Waals surface area contributed by atoms with Crippen molar-refractivity contribution in [3.05, 3.63) is 60.8 Å². The maximum atomic E-state index is 12.8. The van der Waals surface area contributed by atoms with Crippen LogP contribution in [0, 0.1) is 0 Å². The van der Waals surface area contributed by atoms with E-state index in [4.69, 9.17) is 14.2 Å². The van der Waals surface area contributed by atoms with E-state index in [1.54, 1.807) is 0 Å². The van der Waals surface area contributed by atoms with Crippen molar-refractivity contribution in [3.63, 3.8) is 0 Å². The smallest absolute Gasteiger partial charge is 0.362 e. The molecule has 0 aromatic rings. The Morgan fingerprint density at radius 2 is 0.803 bits per heavy atom. The molecule has 0 aromatic heterocycles. The van der Waals surface area contributed by atoms with Crippen LogP contribution in [0.25, 0.3) is 0 Å². The number of esters is 2. The van der Waals surface area contributed by atoms with Crippen LogP contribution < -0.4 is 0 Å². The van der Waals surface area contributed by atoms with Gasteiger partial charge in [-0.05, 0) is 70.6 Å². The highest BCUT2D eigenvalue weighted by molar-refractivity contribution is 5.72. The van der Waals surface area contributed by atoms with E-state index in [-0.39, 0.29) is 36.2 Å². The molecule has 8 heteroatoms. The Kier molecular flexibility index (Phi) is 46.3. The first kappa shape index (κ1) is 63.0. The van der Waals surface area contributed by atoms with Crippen LogP contribution in [0.15, 0.2) is 60.8 Å². The van der Waals surface area contributed by atoms with Crippen molar-refractivity contribution in [2.75, 3.05) is 41.0 Å². The highest BCUT2D eigenvalue weighted by atomic mass is 16.6. The Hall–Kier alpha value is -2.97. The zero-order valence-electron chi connectivity index (χ0n) is 43.6. The summed E-state index contributed by atoms with van der Waals surface area (Å²) in [6.45, 7) is 4.55. The van der Waals surface area contributed by atoms with E-state index >= 15 is 0 Å². The topological polar surface area (TPSA) is 99.1 Å². The van der Waals surface area contributed by atoms with E-state index < -0.39 is 18.1 Å². The third kappa shape index (κ3) is 46.2. The summed E-state index contributed by atoms with van der Waals surface area (Å²) in [6.07, 6.45) is 61.3. The number of nitrogens with zero attached hydrogens (tertiary/aromatic N) is 1. The summed E-state index contributed by atoms with van der Waals surface area (Å²) in [4.78, 5) is 37.2. The van der Waals surface area contributed by atoms with E-state index in [9.17, 15) is 19.5 Å². The van der Waals surface area contributed by atoms with Crippen LogP contribution in [0.4, 0.5) is 0 Å². The van der Waals surface area contributed by atoms with Gasteiger partial charge in [0.1, 0.15) is 6.61 Å². The van der Waals surface area contributed by atoms with Crippen LogP contribution in [0.3, 0.4) is 0 Å². The van der Waals surface area contributed by atoms with Gasteiger partial charge in [-0.2, -0.15) is 0 Å². The zero-order chi connectivity index (χ0) is 48.4. The summed E-state index contributed by atoms with van der Waals surface area (Å²) in [5, 5.41) is 9.67. The third-order valence-corrected chi connectivity index (χ3v) is 12.2. The molecule has 0 amide bonds. The number of hydrogen-bond acceptors (Lipinski definition) is 6. The molecule has 8 nitrogen and oxygen atoms in total. The van der Waals surface area contributed by atoms with Crippen molar-refractivity contribution in [2.24, 2.45) is 0 Å². The van der Waals surface area contributed by atoms with Crippen LogP contribution in [0.5, 0.6) is 0 Å². The number of quaternary nitrogens is 1. The zero-order valence-corrected chi connectivity index (χ0v) is 43.6. The number of carboxylic acids is 1. The molecule has 0 aliphatic heterocycles. The predicted molar refractivity (Wildman–Crippen MR) is 280 cm³/mol. The fraction of sp³-hybridized carbons (Fsp3) is 0.776. The third-order valence-electron chi connectivity index (χ3n) is 12.2. The summed E-state index contributed by atoms with van der Waals surface area (Å²) < 4.78 is 17.4. The first-order chi connectivity index (χ1) is 32.1. The molecule has 0 rings (SSSR count). The molecule has 66 heavy (non-hydrogen) atoms. The predicted octanol–water partition coefficient (Wildman–Crippen LogP) is 16.1. The van der Waals surface area contributed by atoms with E-state index in [2.05, 4.69) is 74.6 Å². The molecule has 382 valence electrons. The molecule has 0 saturated carbocycles. The molecule has 0 saturated heterocycles. The number of rotatable bonds is 49. The van der Waals surface area contributed by atoms with Crippen LogP contribution in [-0.2, 0) is 28.6 Å². The lowest BCUT2D eigenvalue weighted by atomic mass is 10.0. The number of ether oxygens (including phenoxy) is 3. The maximum Gasteiger partial charge on any atom is 0.362 e. The number of carbonyl (C=O) groups excluding carboxylic acids is 2. The van der Waals surface area contributed by atoms with Gasteiger partial charge in [0.25, 0.3) is 0 Å². The Morgan fingerprint density at radius 1 is 0.455 bits per heavy atom. The average molecular weight is 927 g/mol. The van der Waals surface area contributed by atoms with Crippen molar-refractivity contribution in [1.82, 2.24) is 0 Å². The molecule has 0 fully saturated rings. The summed E-state index contributed by atoms with van der Waals surface area (Å²) in [5.74, 6) is -1.46. The van der Waals surface area contributed by atoms with Crippen molar-refractivity contribution >= 4 is 17.9 Å². The molecule has 0 radical (unpaired) electrons.